The summed E-state index contributed by atoms with van der Waals surface area (Å²) >= 11 is 15.0. The Hall–Kier alpha value is -1.13. The number of ether oxygens (including phenoxy) is 2. The summed E-state index contributed by atoms with van der Waals surface area (Å²) in [6.07, 6.45) is 0. The number of methoxy groups -OCH3 is 2. The lowest BCUT2D eigenvalue weighted by Crippen LogP contribution is -2.08. The first-order valence-electron chi connectivity index (χ1n) is 6.62. The van der Waals surface area contributed by atoms with Gasteiger partial charge in [0.05, 0.1) is 27.7 Å². The summed E-state index contributed by atoms with van der Waals surface area (Å²) in [6, 6.07) is 7.25. The molecule has 2 N–H and O–H groups in total. The van der Waals surface area contributed by atoms with Gasteiger partial charge in [-0.3, -0.25) is 0 Å². The van der Waals surface area contributed by atoms with Crippen molar-refractivity contribution < 1.29 is 19.1 Å². The number of thiocarbonyl (C=S) groups is 1. The van der Waals surface area contributed by atoms with Gasteiger partial charge >= 0.3 is 11.9 Å². The Balaban J connectivity index is 2.26. The van der Waals surface area contributed by atoms with Crippen LogP contribution in [0.3, 0.4) is 0 Å². The zero-order valence-electron chi connectivity index (χ0n) is 13.0. The summed E-state index contributed by atoms with van der Waals surface area (Å²) in [7, 11) is 2.47. The molecule has 5 nitrogen and oxygen atoms in total. The monoisotopic (exact) mass is 433 g/mol. The molecule has 0 aromatic heterocycles. The van der Waals surface area contributed by atoms with Crippen molar-refractivity contribution in [2.75, 3.05) is 20.0 Å². The van der Waals surface area contributed by atoms with E-state index in [2.05, 4.69) is 0 Å². The van der Waals surface area contributed by atoms with E-state index in [9.17, 15) is 9.59 Å². The van der Waals surface area contributed by atoms with Gasteiger partial charge in [-0.1, -0.05) is 71.2 Å². The molecule has 0 amide bonds. The van der Waals surface area contributed by atoms with Crippen LogP contribution in [-0.2, 0) is 19.1 Å². The van der Waals surface area contributed by atoms with E-state index in [4.69, 9.17) is 39.0 Å². The van der Waals surface area contributed by atoms with Gasteiger partial charge in [0.1, 0.15) is 9.81 Å². The van der Waals surface area contributed by atoms with Gasteiger partial charge in [0.25, 0.3) is 0 Å². The molecule has 0 aliphatic carbocycles. The van der Waals surface area contributed by atoms with E-state index in [1.165, 1.54) is 26.0 Å². The highest BCUT2D eigenvalue weighted by Crippen LogP contribution is 2.52. The number of anilines is 1. The van der Waals surface area contributed by atoms with E-state index >= 15 is 0 Å². The van der Waals surface area contributed by atoms with Gasteiger partial charge in [-0.25, -0.2) is 9.59 Å². The van der Waals surface area contributed by atoms with E-state index in [0.29, 0.717) is 14.1 Å². The molecule has 1 heterocycles. The van der Waals surface area contributed by atoms with Crippen LogP contribution in [-0.4, -0.2) is 30.4 Å². The minimum absolute atomic E-state index is 0.125. The third kappa shape index (κ3) is 4.73. The van der Waals surface area contributed by atoms with Crippen molar-refractivity contribution in [3.05, 3.63) is 43.3 Å². The first-order chi connectivity index (χ1) is 11.9. The number of thioether (sulfide) groups is 3. The standard InChI is InChI=1S/C15H12ClNO4S4/c1-20-12(18)10-11(13(19)21-2)25-15(24-10)9(16)14(22)23-8-6-4-3-5-7(8)17/h3-6H,17H2,1-2H3. The molecule has 0 spiro atoms. The predicted molar refractivity (Wildman–Crippen MR) is 108 cm³/mol. The highest BCUT2D eigenvalue weighted by molar-refractivity contribution is 8.30. The minimum Gasteiger partial charge on any atom is -0.465 e. The molecule has 1 aliphatic heterocycles. The fourth-order valence-corrected chi connectivity index (χ4v) is 5.70. The number of hydrogen-bond donors (Lipinski definition) is 1. The molecular weight excluding hydrogens is 422 g/mol. The van der Waals surface area contributed by atoms with Crippen molar-refractivity contribution >= 4 is 80.9 Å². The van der Waals surface area contributed by atoms with E-state index in [1.54, 1.807) is 6.07 Å². The highest BCUT2D eigenvalue weighted by Gasteiger charge is 2.34. The van der Waals surface area contributed by atoms with Crippen molar-refractivity contribution in [2.24, 2.45) is 0 Å². The van der Waals surface area contributed by atoms with Crippen LogP contribution in [0.4, 0.5) is 5.69 Å². The van der Waals surface area contributed by atoms with Crippen molar-refractivity contribution in [1.29, 1.82) is 0 Å². The molecule has 0 radical (unpaired) electrons. The number of carbonyl (C=O) groups is 2. The summed E-state index contributed by atoms with van der Waals surface area (Å²) < 4.78 is 10.3. The number of hydrogen-bond acceptors (Lipinski definition) is 9. The van der Waals surface area contributed by atoms with E-state index in [0.717, 1.165) is 28.4 Å². The van der Waals surface area contributed by atoms with Crippen LogP contribution in [0, 0.1) is 0 Å². The Morgan fingerprint density at radius 3 is 2.12 bits per heavy atom. The zero-order chi connectivity index (χ0) is 18.6. The van der Waals surface area contributed by atoms with Crippen LogP contribution < -0.4 is 5.73 Å². The fourth-order valence-electron chi connectivity index (χ4n) is 1.64. The predicted octanol–water partition coefficient (Wildman–Crippen LogP) is 4.13. The Kier molecular flexibility index (Phi) is 7.26. The number of para-hydroxylation sites is 1. The molecule has 0 bridgehead atoms. The van der Waals surface area contributed by atoms with Gasteiger partial charge in [0.15, 0.2) is 0 Å². The summed E-state index contributed by atoms with van der Waals surface area (Å²) in [5.74, 6) is -1.27. The molecule has 0 fully saturated rings. The lowest BCUT2D eigenvalue weighted by atomic mass is 10.3. The van der Waals surface area contributed by atoms with Crippen molar-refractivity contribution in [3.63, 3.8) is 0 Å². The third-order valence-corrected chi connectivity index (χ3v) is 7.64. The average molecular weight is 434 g/mol. The number of nitrogen functional groups attached to an aromatic ring is 1. The molecule has 1 aliphatic rings. The second-order valence-electron chi connectivity index (χ2n) is 4.37. The first kappa shape index (κ1) is 20.2. The second kappa shape index (κ2) is 9.00. The van der Waals surface area contributed by atoms with Gasteiger partial charge in [-0.05, 0) is 12.1 Å². The van der Waals surface area contributed by atoms with Crippen molar-refractivity contribution in [2.45, 2.75) is 4.90 Å². The summed E-state index contributed by atoms with van der Waals surface area (Å²) in [6.45, 7) is 0. The van der Waals surface area contributed by atoms with Gasteiger partial charge in [0, 0.05) is 10.6 Å². The normalized spacial score (nSPS) is 13.6. The van der Waals surface area contributed by atoms with Crippen LogP contribution in [0.2, 0.25) is 0 Å². The zero-order valence-corrected chi connectivity index (χ0v) is 17.1. The quantitative estimate of drug-likeness (QED) is 0.248. The van der Waals surface area contributed by atoms with Crippen LogP contribution in [0.25, 0.3) is 0 Å². The largest absolute Gasteiger partial charge is 0.465 e. The second-order valence-corrected chi connectivity index (χ2v) is 8.77. The summed E-state index contributed by atoms with van der Waals surface area (Å²) in [5.41, 5.74) is 6.48. The number of nitrogens with two attached hydrogens (primary N) is 1. The lowest BCUT2D eigenvalue weighted by molar-refractivity contribution is -0.138. The van der Waals surface area contributed by atoms with Gasteiger partial charge in [0.2, 0.25) is 0 Å². The highest BCUT2D eigenvalue weighted by atomic mass is 35.5. The van der Waals surface area contributed by atoms with E-state index < -0.39 is 11.9 Å². The molecule has 0 unspecified atom stereocenters. The minimum atomic E-state index is -0.636. The smallest absolute Gasteiger partial charge is 0.346 e. The third-order valence-electron chi connectivity index (χ3n) is 2.82. The SMILES string of the molecule is COC(=O)C1=C(C(=O)OC)SC(=C(Cl)C(=S)Sc2ccccc2N)S1. The van der Waals surface area contributed by atoms with Gasteiger partial charge in [-0.15, -0.1) is 0 Å². The summed E-state index contributed by atoms with van der Waals surface area (Å²) in [4.78, 5) is 24.8. The molecule has 2 rings (SSSR count). The van der Waals surface area contributed by atoms with Crippen LogP contribution >= 0.6 is 59.1 Å². The maximum absolute atomic E-state index is 11.9. The number of esters is 2. The Morgan fingerprint density at radius 2 is 1.64 bits per heavy atom. The Bertz CT molecular complexity index is 776. The van der Waals surface area contributed by atoms with E-state index in [1.807, 2.05) is 18.2 Å². The fraction of sp³-hybridized carbons (Fsp3) is 0.133. The molecule has 1 aromatic rings. The van der Waals surface area contributed by atoms with Gasteiger partial charge in [-0.2, -0.15) is 0 Å². The maximum Gasteiger partial charge on any atom is 0.346 e. The van der Waals surface area contributed by atoms with Crippen molar-refractivity contribution in [1.82, 2.24) is 0 Å². The summed E-state index contributed by atoms with van der Waals surface area (Å²) in [5, 5.41) is 0.263. The topological polar surface area (TPSA) is 78.6 Å². The van der Waals surface area contributed by atoms with E-state index in [-0.39, 0.29) is 14.8 Å². The molecular formula is C15H12ClNO4S4. The number of rotatable bonds is 4. The molecule has 0 saturated carbocycles. The number of benzene rings is 1. The molecule has 1 aromatic carbocycles. The molecule has 10 heteroatoms. The van der Waals surface area contributed by atoms with Crippen LogP contribution in [0.15, 0.2) is 48.2 Å². The maximum atomic E-state index is 11.9. The van der Waals surface area contributed by atoms with Gasteiger partial charge < -0.3 is 15.2 Å². The van der Waals surface area contributed by atoms with Crippen molar-refractivity contribution in [3.8, 4) is 0 Å². The Labute approximate surface area is 167 Å². The average Bonchev–Trinajstić information content (AvgIpc) is 3.06. The molecule has 25 heavy (non-hydrogen) atoms. The lowest BCUT2D eigenvalue weighted by Gasteiger charge is -2.07. The van der Waals surface area contributed by atoms with Crippen LogP contribution in [0.1, 0.15) is 0 Å². The Morgan fingerprint density at radius 1 is 1.12 bits per heavy atom. The molecule has 0 saturated heterocycles. The first-order valence-corrected chi connectivity index (χ1v) is 9.85. The van der Waals surface area contributed by atoms with Crippen LogP contribution in [0.5, 0.6) is 0 Å². The number of halogens is 1. The molecule has 132 valence electrons. The molecule has 0 atom stereocenters. The number of carbonyl (C=O) groups excluding carboxylic acids is 2.